The van der Waals surface area contributed by atoms with Gasteiger partial charge in [0.2, 0.25) is 11.8 Å². The third kappa shape index (κ3) is 3.56. The molecule has 2 rings (SSSR count). The maximum atomic E-state index is 11.9. The monoisotopic (exact) mass is 275 g/mol. The summed E-state index contributed by atoms with van der Waals surface area (Å²) < 4.78 is 0. The van der Waals surface area contributed by atoms with Gasteiger partial charge in [-0.3, -0.25) is 14.5 Å². The second kappa shape index (κ2) is 6.50. The van der Waals surface area contributed by atoms with E-state index < -0.39 is 0 Å². The van der Waals surface area contributed by atoms with Gasteiger partial charge in [-0.05, 0) is 24.0 Å². The Hall–Kier alpha value is -1.91. The third-order valence-corrected chi connectivity index (χ3v) is 3.37. The maximum absolute atomic E-state index is 11.9. The molecule has 1 saturated heterocycles. The van der Waals surface area contributed by atoms with E-state index in [-0.39, 0.29) is 17.7 Å². The SMILES string of the molecule is CCCNc1ccc(CN2C(=O)CC(C)CC2=O)cn1. The summed E-state index contributed by atoms with van der Waals surface area (Å²) in [6, 6.07) is 3.79. The Kier molecular flexibility index (Phi) is 4.71. The molecule has 1 aliphatic rings. The van der Waals surface area contributed by atoms with E-state index in [2.05, 4.69) is 17.2 Å². The fourth-order valence-corrected chi connectivity index (χ4v) is 2.26. The van der Waals surface area contributed by atoms with Crippen LogP contribution in [-0.4, -0.2) is 28.2 Å². The number of likely N-dealkylation sites (tertiary alicyclic amines) is 1. The van der Waals surface area contributed by atoms with Crippen LogP contribution in [0.1, 0.15) is 38.7 Å². The molecule has 0 aliphatic carbocycles. The number of aromatic nitrogens is 1. The van der Waals surface area contributed by atoms with Gasteiger partial charge in [-0.15, -0.1) is 0 Å². The van der Waals surface area contributed by atoms with E-state index in [0.717, 1.165) is 24.3 Å². The van der Waals surface area contributed by atoms with Crippen LogP contribution in [0.3, 0.4) is 0 Å². The first-order valence-electron chi connectivity index (χ1n) is 7.12. The number of imide groups is 1. The van der Waals surface area contributed by atoms with Gasteiger partial charge >= 0.3 is 0 Å². The van der Waals surface area contributed by atoms with Gasteiger partial charge in [0.05, 0.1) is 6.54 Å². The van der Waals surface area contributed by atoms with Crippen LogP contribution in [0.2, 0.25) is 0 Å². The lowest BCUT2D eigenvalue weighted by molar-refractivity contribution is -0.150. The summed E-state index contributed by atoms with van der Waals surface area (Å²) in [5.74, 6) is 0.814. The highest BCUT2D eigenvalue weighted by Gasteiger charge is 2.30. The Labute approximate surface area is 119 Å². The van der Waals surface area contributed by atoms with Gasteiger partial charge < -0.3 is 5.32 Å². The van der Waals surface area contributed by atoms with Crippen molar-refractivity contribution in [1.82, 2.24) is 9.88 Å². The molecular formula is C15H21N3O2. The number of piperidine rings is 1. The molecule has 0 saturated carbocycles. The second-order valence-corrected chi connectivity index (χ2v) is 5.37. The smallest absolute Gasteiger partial charge is 0.229 e. The van der Waals surface area contributed by atoms with Crippen LogP contribution in [-0.2, 0) is 16.1 Å². The Bertz CT molecular complexity index is 466. The van der Waals surface area contributed by atoms with E-state index in [1.54, 1.807) is 6.20 Å². The first-order chi connectivity index (χ1) is 9.60. The quantitative estimate of drug-likeness (QED) is 0.837. The highest BCUT2D eigenvalue weighted by molar-refractivity contribution is 5.97. The molecule has 0 atom stereocenters. The number of pyridine rings is 1. The average Bonchev–Trinajstić information content (AvgIpc) is 2.42. The summed E-state index contributed by atoms with van der Waals surface area (Å²) in [5.41, 5.74) is 0.878. The largest absolute Gasteiger partial charge is 0.370 e. The van der Waals surface area contributed by atoms with Crippen molar-refractivity contribution in [2.45, 2.75) is 39.7 Å². The van der Waals surface area contributed by atoms with Crippen molar-refractivity contribution >= 4 is 17.6 Å². The molecule has 5 nitrogen and oxygen atoms in total. The number of carbonyl (C=O) groups excluding carboxylic acids is 2. The van der Waals surface area contributed by atoms with E-state index >= 15 is 0 Å². The number of anilines is 1. The number of nitrogens with one attached hydrogen (secondary N) is 1. The van der Waals surface area contributed by atoms with Crippen LogP contribution in [0, 0.1) is 5.92 Å². The number of hydrogen-bond acceptors (Lipinski definition) is 4. The van der Waals surface area contributed by atoms with Crippen molar-refractivity contribution in [2.75, 3.05) is 11.9 Å². The predicted molar refractivity (Wildman–Crippen MR) is 77.0 cm³/mol. The van der Waals surface area contributed by atoms with Crippen molar-refractivity contribution in [1.29, 1.82) is 0 Å². The van der Waals surface area contributed by atoms with Crippen LogP contribution in [0.4, 0.5) is 5.82 Å². The Morgan fingerprint density at radius 1 is 1.30 bits per heavy atom. The van der Waals surface area contributed by atoms with Crippen LogP contribution in [0.5, 0.6) is 0 Å². The summed E-state index contributed by atoms with van der Waals surface area (Å²) in [7, 11) is 0. The molecular weight excluding hydrogens is 254 g/mol. The predicted octanol–water partition coefficient (Wildman–Crippen LogP) is 2.19. The lowest BCUT2D eigenvalue weighted by Crippen LogP contribution is -2.42. The minimum atomic E-state index is -0.0815. The van der Waals surface area contributed by atoms with Crippen molar-refractivity contribution < 1.29 is 9.59 Å². The molecule has 5 heteroatoms. The summed E-state index contributed by atoms with van der Waals surface area (Å²) in [6.07, 6.45) is 3.67. The highest BCUT2D eigenvalue weighted by atomic mass is 16.2. The van der Waals surface area contributed by atoms with Gasteiger partial charge in [0.15, 0.2) is 0 Å². The molecule has 0 aromatic carbocycles. The van der Waals surface area contributed by atoms with Gasteiger partial charge in [-0.1, -0.05) is 19.9 Å². The Balaban J connectivity index is 1.99. The van der Waals surface area contributed by atoms with Gasteiger partial charge in [0, 0.05) is 25.6 Å². The lowest BCUT2D eigenvalue weighted by Gasteiger charge is -2.28. The van der Waals surface area contributed by atoms with Gasteiger partial charge in [0.25, 0.3) is 0 Å². The Morgan fingerprint density at radius 2 is 2.00 bits per heavy atom. The van der Waals surface area contributed by atoms with Crippen molar-refractivity contribution in [3.63, 3.8) is 0 Å². The van der Waals surface area contributed by atoms with Gasteiger partial charge in [0.1, 0.15) is 5.82 Å². The van der Waals surface area contributed by atoms with Crippen LogP contribution in [0.25, 0.3) is 0 Å². The zero-order chi connectivity index (χ0) is 14.5. The molecule has 1 aromatic heterocycles. The molecule has 1 fully saturated rings. The maximum Gasteiger partial charge on any atom is 0.229 e. The molecule has 1 N–H and O–H groups in total. The molecule has 0 unspecified atom stereocenters. The third-order valence-electron chi connectivity index (χ3n) is 3.37. The average molecular weight is 275 g/mol. The highest BCUT2D eigenvalue weighted by Crippen LogP contribution is 2.20. The zero-order valence-corrected chi connectivity index (χ0v) is 12.1. The molecule has 0 bridgehead atoms. The number of nitrogens with zero attached hydrogens (tertiary/aromatic N) is 2. The summed E-state index contributed by atoms with van der Waals surface area (Å²) in [5, 5.41) is 3.19. The first kappa shape index (κ1) is 14.5. The van der Waals surface area contributed by atoms with Crippen LogP contribution < -0.4 is 5.32 Å². The normalized spacial score (nSPS) is 16.6. The van der Waals surface area contributed by atoms with E-state index in [0.29, 0.717) is 19.4 Å². The minimum Gasteiger partial charge on any atom is -0.370 e. The zero-order valence-electron chi connectivity index (χ0n) is 12.1. The second-order valence-electron chi connectivity index (χ2n) is 5.37. The van der Waals surface area contributed by atoms with Crippen molar-refractivity contribution in [2.24, 2.45) is 5.92 Å². The van der Waals surface area contributed by atoms with Crippen LogP contribution in [0.15, 0.2) is 18.3 Å². The molecule has 1 aromatic rings. The number of hydrogen-bond donors (Lipinski definition) is 1. The van der Waals surface area contributed by atoms with E-state index in [1.807, 2.05) is 19.1 Å². The number of carbonyl (C=O) groups is 2. The number of rotatable bonds is 5. The minimum absolute atomic E-state index is 0.0815. The van der Waals surface area contributed by atoms with E-state index in [1.165, 1.54) is 4.90 Å². The topological polar surface area (TPSA) is 62.3 Å². The van der Waals surface area contributed by atoms with Crippen molar-refractivity contribution in [3.8, 4) is 0 Å². The fourth-order valence-electron chi connectivity index (χ4n) is 2.26. The van der Waals surface area contributed by atoms with E-state index in [4.69, 9.17) is 0 Å². The Morgan fingerprint density at radius 3 is 2.55 bits per heavy atom. The standard InChI is InChI=1S/C15H21N3O2/c1-3-6-16-13-5-4-12(9-17-13)10-18-14(19)7-11(2)8-15(18)20/h4-5,9,11H,3,6-8,10H2,1-2H3,(H,16,17). The summed E-state index contributed by atoms with van der Waals surface area (Å²) >= 11 is 0. The molecule has 1 aliphatic heterocycles. The van der Waals surface area contributed by atoms with Gasteiger partial charge in [-0.25, -0.2) is 4.98 Å². The summed E-state index contributed by atoms with van der Waals surface area (Å²) in [6.45, 7) is 5.23. The van der Waals surface area contributed by atoms with Gasteiger partial charge in [-0.2, -0.15) is 0 Å². The fraction of sp³-hybridized carbons (Fsp3) is 0.533. The molecule has 20 heavy (non-hydrogen) atoms. The first-order valence-corrected chi connectivity index (χ1v) is 7.12. The molecule has 0 spiro atoms. The van der Waals surface area contributed by atoms with Crippen molar-refractivity contribution in [3.05, 3.63) is 23.9 Å². The number of amides is 2. The molecule has 108 valence electrons. The molecule has 2 amide bonds. The lowest BCUT2D eigenvalue weighted by atomic mass is 9.97. The van der Waals surface area contributed by atoms with E-state index in [9.17, 15) is 9.59 Å². The molecule has 0 radical (unpaired) electrons. The summed E-state index contributed by atoms with van der Waals surface area (Å²) in [4.78, 5) is 29.4. The van der Waals surface area contributed by atoms with Crippen LogP contribution >= 0.6 is 0 Å². The molecule has 2 heterocycles.